The second kappa shape index (κ2) is 5.21. The lowest BCUT2D eigenvalue weighted by molar-refractivity contribution is -0.128. The summed E-state index contributed by atoms with van der Waals surface area (Å²) in [4.78, 5) is 18.3. The van der Waals surface area contributed by atoms with Gasteiger partial charge in [0.2, 0.25) is 5.91 Å². The first-order valence-corrected chi connectivity index (χ1v) is 8.53. The summed E-state index contributed by atoms with van der Waals surface area (Å²) in [6.07, 6.45) is 3.72. The van der Waals surface area contributed by atoms with E-state index in [1.54, 1.807) is 30.9 Å². The van der Waals surface area contributed by atoms with Crippen LogP contribution in [0.3, 0.4) is 0 Å². The highest BCUT2D eigenvalue weighted by molar-refractivity contribution is 7.18. The number of nitrogens with zero attached hydrogens (tertiary/aromatic N) is 2. The van der Waals surface area contributed by atoms with E-state index in [1.165, 1.54) is 4.90 Å². The van der Waals surface area contributed by atoms with Gasteiger partial charge in [-0.25, -0.2) is 4.99 Å². The van der Waals surface area contributed by atoms with Crippen LogP contribution in [0.4, 0.5) is 0 Å². The number of amides is 1. The van der Waals surface area contributed by atoms with Crippen LogP contribution in [0.1, 0.15) is 18.9 Å². The van der Waals surface area contributed by atoms with E-state index < -0.39 is 5.54 Å². The van der Waals surface area contributed by atoms with Gasteiger partial charge in [0.25, 0.3) is 0 Å². The van der Waals surface area contributed by atoms with Crippen molar-refractivity contribution >= 4 is 33.3 Å². The summed E-state index contributed by atoms with van der Waals surface area (Å²) < 4.78 is 6.38. The lowest BCUT2D eigenvalue weighted by atomic mass is 9.87. The first-order chi connectivity index (χ1) is 11.5. The van der Waals surface area contributed by atoms with Gasteiger partial charge in [0.15, 0.2) is 5.96 Å². The molecule has 0 spiro atoms. The molecule has 0 unspecified atom stereocenters. The quantitative estimate of drug-likeness (QED) is 0.776. The fourth-order valence-corrected chi connectivity index (χ4v) is 4.42. The van der Waals surface area contributed by atoms with Crippen LogP contribution in [0.5, 0.6) is 0 Å². The summed E-state index contributed by atoms with van der Waals surface area (Å²) in [5.41, 5.74) is 8.51. The van der Waals surface area contributed by atoms with Gasteiger partial charge < -0.3 is 10.2 Å². The lowest BCUT2D eigenvalue weighted by Crippen LogP contribution is -2.47. The van der Waals surface area contributed by atoms with Crippen LogP contribution in [0.15, 0.2) is 51.6 Å². The zero-order chi connectivity index (χ0) is 16.9. The highest BCUT2D eigenvalue weighted by Gasteiger charge is 2.37. The summed E-state index contributed by atoms with van der Waals surface area (Å²) in [5, 5.41) is 3.19. The molecular formula is C18H17N3O2S. The lowest BCUT2D eigenvalue weighted by Gasteiger charge is -2.33. The Balaban J connectivity index is 1.90. The van der Waals surface area contributed by atoms with Gasteiger partial charge in [-0.05, 0) is 29.3 Å². The maximum absolute atomic E-state index is 12.3. The number of thiophene rings is 1. The topological polar surface area (TPSA) is 71.8 Å². The summed E-state index contributed by atoms with van der Waals surface area (Å²) in [6.45, 7) is 1.97. The molecule has 5 nitrogen and oxygen atoms in total. The zero-order valence-electron chi connectivity index (χ0n) is 13.4. The number of hydrogen-bond donors (Lipinski definition) is 1. The Morgan fingerprint density at radius 3 is 2.92 bits per heavy atom. The number of fused-ring (bicyclic) bond motifs is 1. The molecule has 1 atom stereocenters. The predicted molar refractivity (Wildman–Crippen MR) is 95.9 cm³/mol. The molecule has 0 fully saturated rings. The van der Waals surface area contributed by atoms with E-state index in [2.05, 4.69) is 22.5 Å². The van der Waals surface area contributed by atoms with E-state index in [-0.39, 0.29) is 11.9 Å². The predicted octanol–water partition coefficient (Wildman–Crippen LogP) is 3.55. The third kappa shape index (κ3) is 2.14. The second-order valence-electron chi connectivity index (χ2n) is 6.22. The van der Waals surface area contributed by atoms with Gasteiger partial charge in [0.05, 0.1) is 24.5 Å². The smallest absolute Gasteiger partial charge is 0.231 e. The fourth-order valence-electron chi connectivity index (χ4n) is 3.18. The minimum absolute atomic E-state index is 0.0182. The summed E-state index contributed by atoms with van der Waals surface area (Å²) in [5.74, 6) is 0.245. The summed E-state index contributed by atoms with van der Waals surface area (Å²) >= 11 is 1.66. The molecule has 1 aliphatic rings. The molecular weight excluding hydrogens is 322 g/mol. The average Bonchev–Trinajstić information content (AvgIpc) is 3.21. The van der Waals surface area contributed by atoms with Crippen LogP contribution in [0, 0.1) is 0 Å². The van der Waals surface area contributed by atoms with Gasteiger partial charge in [0, 0.05) is 22.9 Å². The first-order valence-electron chi connectivity index (χ1n) is 7.65. The molecule has 3 aromatic rings. The molecule has 1 aliphatic heterocycles. The van der Waals surface area contributed by atoms with Crippen molar-refractivity contribution in [3.63, 3.8) is 0 Å². The minimum atomic E-state index is -0.638. The van der Waals surface area contributed by atoms with Crippen LogP contribution in [0.25, 0.3) is 21.2 Å². The van der Waals surface area contributed by atoms with E-state index in [0.717, 1.165) is 26.8 Å². The monoisotopic (exact) mass is 339 g/mol. The van der Waals surface area contributed by atoms with Crippen LogP contribution in [-0.2, 0) is 10.3 Å². The Labute approximate surface area is 143 Å². The van der Waals surface area contributed by atoms with E-state index in [4.69, 9.17) is 10.2 Å². The number of aliphatic imine (C=N–C) groups is 1. The number of rotatable bonds is 2. The first kappa shape index (κ1) is 15.0. The Bertz CT molecular complexity index is 958. The van der Waals surface area contributed by atoms with E-state index in [1.807, 2.05) is 19.1 Å². The van der Waals surface area contributed by atoms with Crippen LogP contribution in [-0.4, -0.2) is 23.8 Å². The molecule has 4 rings (SSSR count). The molecule has 1 amide bonds. The number of guanidine groups is 1. The maximum atomic E-state index is 12.3. The van der Waals surface area contributed by atoms with Gasteiger partial charge in [-0.3, -0.25) is 9.69 Å². The van der Waals surface area contributed by atoms with Crippen LogP contribution >= 0.6 is 11.3 Å². The van der Waals surface area contributed by atoms with Gasteiger partial charge in [-0.15, -0.1) is 11.3 Å². The largest absolute Gasteiger partial charge is 0.472 e. The Morgan fingerprint density at radius 1 is 1.38 bits per heavy atom. The second-order valence-corrected chi connectivity index (χ2v) is 7.10. The highest BCUT2D eigenvalue weighted by atomic mass is 32.1. The highest BCUT2D eigenvalue weighted by Crippen LogP contribution is 2.43. The number of benzene rings is 1. The Morgan fingerprint density at radius 2 is 2.21 bits per heavy atom. The molecule has 0 saturated heterocycles. The van der Waals surface area contributed by atoms with Crippen molar-refractivity contribution in [2.75, 3.05) is 7.05 Å². The third-order valence-corrected chi connectivity index (χ3v) is 5.62. The molecule has 6 heteroatoms. The standard InChI is InChI=1S/C18H17N3O2S/c1-18(8-15(22)21(2)17(19)20-18)14-10-24-16-12(4-3-5-13(14)16)11-6-7-23-9-11/h3-7,9-10H,8H2,1-2H3,(H2,19,20)/t18-/m0/s1. The molecule has 2 N–H and O–H groups in total. The van der Waals surface area contributed by atoms with Crippen molar-refractivity contribution in [3.8, 4) is 11.1 Å². The van der Waals surface area contributed by atoms with E-state index in [0.29, 0.717) is 6.42 Å². The molecule has 0 radical (unpaired) electrons. The molecule has 0 bridgehead atoms. The number of furan rings is 1. The van der Waals surface area contributed by atoms with Crippen LogP contribution < -0.4 is 5.73 Å². The summed E-state index contributed by atoms with van der Waals surface area (Å²) in [7, 11) is 1.66. The van der Waals surface area contributed by atoms with Crippen molar-refractivity contribution in [2.45, 2.75) is 18.9 Å². The fraction of sp³-hybridized carbons (Fsp3) is 0.222. The molecule has 0 saturated carbocycles. The zero-order valence-corrected chi connectivity index (χ0v) is 14.3. The van der Waals surface area contributed by atoms with Crippen molar-refractivity contribution < 1.29 is 9.21 Å². The molecule has 3 heterocycles. The number of carbonyl (C=O) groups excluding carboxylic acids is 1. The van der Waals surface area contributed by atoms with E-state index >= 15 is 0 Å². The molecule has 2 aromatic heterocycles. The van der Waals surface area contributed by atoms with Gasteiger partial charge in [-0.2, -0.15) is 0 Å². The normalized spacial score (nSPS) is 21.3. The molecule has 122 valence electrons. The van der Waals surface area contributed by atoms with Crippen molar-refractivity contribution in [1.29, 1.82) is 0 Å². The summed E-state index contributed by atoms with van der Waals surface area (Å²) in [6, 6.07) is 8.12. The number of carbonyl (C=O) groups is 1. The van der Waals surface area contributed by atoms with E-state index in [9.17, 15) is 4.79 Å². The van der Waals surface area contributed by atoms with Crippen molar-refractivity contribution in [1.82, 2.24) is 4.90 Å². The minimum Gasteiger partial charge on any atom is -0.472 e. The Kier molecular flexibility index (Phi) is 3.25. The average molecular weight is 339 g/mol. The molecule has 24 heavy (non-hydrogen) atoms. The van der Waals surface area contributed by atoms with Crippen LogP contribution in [0.2, 0.25) is 0 Å². The van der Waals surface area contributed by atoms with Gasteiger partial charge >= 0.3 is 0 Å². The third-order valence-electron chi connectivity index (χ3n) is 4.59. The number of nitrogens with two attached hydrogens (primary N) is 1. The maximum Gasteiger partial charge on any atom is 0.231 e. The Hall–Kier alpha value is -2.60. The van der Waals surface area contributed by atoms with Gasteiger partial charge in [0.1, 0.15) is 0 Å². The molecule has 1 aromatic carbocycles. The van der Waals surface area contributed by atoms with Crippen molar-refractivity contribution in [3.05, 3.63) is 47.7 Å². The number of hydrogen-bond acceptors (Lipinski definition) is 5. The van der Waals surface area contributed by atoms with Crippen molar-refractivity contribution in [2.24, 2.45) is 10.7 Å². The SMILES string of the molecule is CN1C(=O)C[C@@](C)(c2csc3c(-c4ccoc4)cccc23)N=C1N. The molecule has 0 aliphatic carbocycles. The van der Waals surface area contributed by atoms with Gasteiger partial charge in [-0.1, -0.05) is 18.2 Å².